The number of aromatic hydroxyl groups is 1. The summed E-state index contributed by atoms with van der Waals surface area (Å²) in [7, 11) is 0. The molecule has 2 heterocycles. The molecule has 0 saturated heterocycles. The normalized spacial score (nSPS) is 11.4. The Morgan fingerprint density at radius 1 is 1.07 bits per heavy atom. The number of nitrogens with zero attached hydrogens (tertiary/aromatic N) is 1. The number of aryl methyl sites for hydroxylation is 3. The highest BCUT2D eigenvalue weighted by Crippen LogP contribution is 2.41. The predicted molar refractivity (Wildman–Crippen MR) is 104 cm³/mol. The molecule has 0 fully saturated rings. The number of fused-ring (bicyclic) bond motifs is 3. The van der Waals surface area contributed by atoms with Crippen LogP contribution >= 0.6 is 0 Å². The fraction of sp³-hybridized carbons (Fsp3) is 0.182. The van der Waals surface area contributed by atoms with Crippen LogP contribution in [0.1, 0.15) is 22.3 Å². The molecule has 0 saturated carbocycles. The van der Waals surface area contributed by atoms with E-state index in [1.165, 1.54) is 6.26 Å². The highest BCUT2D eigenvalue weighted by atomic mass is 16.4. The molecule has 27 heavy (non-hydrogen) atoms. The molecule has 0 unspecified atom stereocenters. The van der Waals surface area contributed by atoms with Crippen molar-refractivity contribution in [1.29, 1.82) is 0 Å². The Morgan fingerprint density at radius 3 is 2.44 bits per heavy atom. The van der Waals surface area contributed by atoms with E-state index in [-0.39, 0.29) is 12.3 Å². The lowest BCUT2D eigenvalue weighted by atomic mass is 9.86. The van der Waals surface area contributed by atoms with Gasteiger partial charge < -0.3 is 14.6 Å². The van der Waals surface area contributed by atoms with Crippen LogP contribution in [0, 0.1) is 20.8 Å². The van der Waals surface area contributed by atoms with Gasteiger partial charge in [-0.25, -0.2) is 4.98 Å². The molecular formula is C22H19NO4. The predicted octanol–water partition coefficient (Wildman–Crippen LogP) is 4.91. The van der Waals surface area contributed by atoms with Crippen molar-refractivity contribution in [2.75, 3.05) is 0 Å². The molecule has 2 aromatic carbocycles. The number of aliphatic carboxylic acids is 1. The Hall–Kier alpha value is -3.34. The van der Waals surface area contributed by atoms with Gasteiger partial charge in [-0.2, -0.15) is 0 Å². The summed E-state index contributed by atoms with van der Waals surface area (Å²) in [4.78, 5) is 15.9. The number of rotatable bonds is 3. The smallest absolute Gasteiger partial charge is 0.307 e. The fourth-order valence-electron chi connectivity index (χ4n) is 3.79. The van der Waals surface area contributed by atoms with E-state index in [4.69, 9.17) is 4.42 Å². The van der Waals surface area contributed by atoms with Crippen LogP contribution in [0.4, 0.5) is 0 Å². The van der Waals surface area contributed by atoms with Crippen molar-refractivity contribution in [1.82, 2.24) is 4.98 Å². The second kappa shape index (κ2) is 6.13. The van der Waals surface area contributed by atoms with Gasteiger partial charge in [-0.15, -0.1) is 0 Å². The molecular weight excluding hydrogens is 342 g/mol. The minimum absolute atomic E-state index is 0.113. The first kappa shape index (κ1) is 17.1. The maximum atomic E-state index is 11.6. The first-order chi connectivity index (χ1) is 12.9. The van der Waals surface area contributed by atoms with Gasteiger partial charge in [0.2, 0.25) is 5.88 Å². The number of carboxylic acids is 1. The second-order valence-electron chi connectivity index (χ2n) is 6.86. The molecule has 0 aliphatic heterocycles. The summed E-state index contributed by atoms with van der Waals surface area (Å²) in [5.41, 5.74) is 6.43. The Labute approximate surface area is 155 Å². The Balaban J connectivity index is 2.19. The summed E-state index contributed by atoms with van der Waals surface area (Å²) >= 11 is 0. The highest BCUT2D eigenvalue weighted by Gasteiger charge is 2.22. The van der Waals surface area contributed by atoms with E-state index >= 15 is 0 Å². The lowest BCUT2D eigenvalue weighted by Gasteiger charge is -2.19. The van der Waals surface area contributed by atoms with E-state index in [1.807, 2.05) is 45.0 Å². The van der Waals surface area contributed by atoms with Gasteiger partial charge in [-0.3, -0.25) is 4.79 Å². The maximum Gasteiger partial charge on any atom is 0.307 e. The van der Waals surface area contributed by atoms with Gasteiger partial charge >= 0.3 is 5.97 Å². The van der Waals surface area contributed by atoms with Crippen LogP contribution in [0.15, 0.2) is 41.0 Å². The van der Waals surface area contributed by atoms with Crippen molar-refractivity contribution >= 4 is 27.8 Å². The molecule has 5 nitrogen and oxygen atoms in total. The number of pyridine rings is 1. The van der Waals surface area contributed by atoms with Gasteiger partial charge in [0.1, 0.15) is 5.58 Å². The summed E-state index contributed by atoms with van der Waals surface area (Å²) in [6.45, 7) is 5.81. The second-order valence-corrected chi connectivity index (χ2v) is 6.86. The number of furan rings is 1. The zero-order chi connectivity index (χ0) is 19.3. The molecule has 5 heteroatoms. The van der Waals surface area contributed by atoms with Crippen molar-refractivity contribution < 1.29 is 19.4 Å². The van der Waals surface area contributed by atoms with E-state index in [0.717, 1.165) is 33.2 Å². The van der Waals surface area contributed by atoms with E-state index in [2.05, 4.69) is 4.98 Å². The van der Waals surface area contributed by atoms with E-state index in [9.17, 15) is 15.0 Å². The Morgan fingerprint density at radius 2 is 1.78 bits per heavy atom. The van der Waals surface area contributed by atoms with E-state index < -0.39 is 5.97 Å². The van der Waals surface area contributed by atoms with Crippen molar-refractivity contribution in [3.8, 4) is 17.0 Å². The van der Waals surface area contributed by atoms with Crippen LogP contribution in [0.25, 0.3) is 33.0 Å². The van der Waals surface area contributed by atoms with Gasteiger partial charge in [0, 0.05) is 5.39 Å². The quantitative estimate of drug-likeness (QED) is 0.542. The molecule has 0 atom stereocenters. The number of carboxylic acid groups (broad SMARTS) is 1. The lowest BCUT2D eigenvalue weighted by molar-refractivity contribution is -0.136. The number of carbonyl (C=O) groups is 1. The minimum Gasteiger partial charge on any atom is -0.493 e. The third-order valence-electron chi connectivity index (χ3n) is 5.12. The number of hydrogen-bond donors (Lipinski definition) is 2. The van der Waals surface area contributed by atoms with Crippen molar-refractivity contribution in [3.05, 3.63) is 58.8 Å². The zero-order valence-corrected chi connectivity index (χ0v) is 15.3. The van der Waals surface area contributed by atoms with E-state index in [0.29, 0.717) is 22.0 Å². The zero-order valence-electron chi connectivity index (χ0n) is 15.3. The molecule has 2 N–H and O–H groups in total. The first-order valence-electron chi connectivity index (χ1n) is 8.69. The molecule has 0 amide bonds. The molecule has 4 aromatic rings. The Bertz CT molecular complexity index is 1200. The number of benzene rings is 2. The SMILES string of the molecule is Cc1ccc(-c2c(CC(=O)O)c(C)c3nc(O)c4ccoc4c3c2C)cc1. The van der Waals surface area contributed by atoms with Crippen molar-refractivity contribution in [2.45, 2.75) is 27.2 Å². The van der Waals surface area contributed by atoms with Crippen LogP contribution in [0.5, 0.6) is 5.88 Å². The van der Waals surface area contributed by atoms with Gasteiger partial charge in [-0.05, 0) is 54.7 Å². The molecule has 0 bridgehead atoms. The minimum atomic E-state index is -0.909. The first-order valence-corrected chi connectivity index (χ1v) is 8.69. The van der Waals surface area contributed by atoms with Crippen LogP contribution in [0.3, 0.4) is 0 Å². The van der Waals surface area contributed by atoms with Crippen molar-refractivity contribution in [3.63, 3.8) is 0 Å². The maximum absolute atomic E-state index is 11.6. The summed E-state index contributed by atoms with van der Waals surface area (Å²) in [5, 5.41) is 21.1. The fourth-order valence-corrected chi connectivity index (χ4v) is 3.79. The van der Waals surface area contributed by atoms with Crippen LogP contribution in [-0.4, -0.2) is 21.2 Å². The van der Waals surface area contributed by atoms with Gasteiger partial charge in [0.15, 0.2) is 0 Å². The topological polar surface area (TPSA) is 83.6 Å². The molecule has 136 valence electrons. The van der Waals surface area contributed by atoms with Crippen LogP contribution < -0.4 is 0 Å². The molecule has 4 rings (SSSR count). The molecule has 2 aromatic heterocycles. The largest absolute Gasteiger partial charge is 0.493 e. The summed E-state index contributed by atoms with van der Waals surface area (Å²) in [5.74, 6) is -1.02. The van der Waals surface area contributed by atoms with Gasteiger partial charge in [0.05, 0.1) is 23.6 Å². The summed E-state index contributed by atoms with van der Waals surface area (Å²) < 4.78 is 5.66. The summed E-state index contributed by atoms with van der Waals surface area (Å²) in [6.07, 6.45) is 1.40. The van der Waals surface area contributed by atoms with E-state index in [1.54, 1.807) is 6.07 Å². The molecule has 0 aliphatic rings. The van der Waals surface area contributed by atoms with Crippen molar-refractivity contribution in [2.24, 2.45) is 0 Å². The lowest BCUT2D eigenvalue weighted by Crippen LogP contribution is -2.07. The monoisotopic (exact) mass is 361 g/mol. The van der Waals surface area contributed by atoms with Gasteiger partial charge in [-0.1, -0.05) is 29.8 Å². The average Bonchev–Trinajstić information content (AvgIpc) is 3.11. The number of hydrogen-bond acceptors (Lipinski definition) is 4. The number of aromatic nitrogens is 1. The van der Waals surface area contributed by atoms with Crippen LogP contribution in [-0.2, 0) is 11.2 Å². The third kappa shape index (κ3) is 2.63. The molecule has 0 aliphatic carbocycles. The molecule has 0 spiro atoms. The highest BCUT2D eigenvalue weighted by molar-refractivity contribution is 6.10. The molecule has 0 radical (unpaired) electrons. The van der Waals surface area contributed by atoms with Gasteiger partial charge in [0.25, 0.3) is 0 Å². The third-order valence-corrected chi connectivity index (χ3v) is 5.12. The standard InChI is InChI=1S/C22H19NO4/c1-11-4-6-14(7-5-11)18-13(3)19-20(12(2)16(18)10-17(24)25)23-22(26)15-8-9-27-21(15)19/h4-9H,10H2,1-3H3,(H,23,26)(H,24,25). The average molecular weight is 361 g/mol. The Kier molecular flexibility index (Phi) is 3.88. The summed E-state index contributed by atoms with van der Waals surface area (Å²) in [6, 6.07) is 9.71. The van der Waals surface area contributed by atoms with Crippen LogP contribution in [0.2, 0.25) is 0 Å².